The number of amides is 1. The molecule has 3 unspecified atom stereocenters. The first-order chi connectivity index (χ1) is 13.3. The van der Waals surface area contributed by atoms with Gasteiger partial charge in [-0.15, -0.1) is 0 Å². The van der Waals surface area contributed by atoms with Gasteiger partial charge in [0, 0.05) is 6.04 Å². The predicted molar refractivity (Wildman–Crippen MR) is 103 cm³/mol. The topological polar surface area (TPSA) is 99.9 Å². The number of carbonyl (C=O) groups is 2. The minimum Gasteiger partial charge on any atom is -0.491 e. The van der Waals surface area contributed by atoms with E-state index in [0.717, 1.165) is 19.3 Å². The molecule has 3 atom stereocenters. The van der Waals surface area contributed by atoms with Gasteiger partial charge >= 0.3 is 12.1 Å². The fourth-order valence-corrected chi connectivity index (χ4v) is 3.67. The van der Waals surface area contributed by atoms with Crippen LogP contribution in [0.2, 0.25) is 0 Å². The van der Waals surface area contributed by atoms with E-state index in [1.165, 1.54) is 0 Å². The molecule has 0 heterocycles. The summed E-state index contributed by atoms with van der Waals surface area (Å²) in [7, 11) is 0. The summed E-state index contributed by atoms with van der Waals surface area (Å²) in [6.07, 6.45) is 1.77. The smallest absolute Gasteiger partial charge is 0.410 e. The Morgan fingerprint density at radius 1 is 1.25 bits per heavy atom. The molecule has 152 valence electrons. The Labute approximate surface area is 165 Å². The molecule has 28 heavy (non-hydrogen) atoms. The lowest BCUT2D eigenvalue weighted by molar-refractivity contribution is -0.138. The number of hydrogen-bond donors (Lipinski definition) is 1. The normalized spacial score (nSPS) is 19.7. The van der Waals surface area contributed by atoms with Crippen molar-refractivity contribution in [1.29, 1.82) is 5.26 Å². The number of aliphatic carboxylic acids is 1. The lowest BCUT2D eigenvalue weighted by Crippen LogP contribution is -2.50. The van der Waals surface area contributed by atoms with Crippen molar-refractivity contribution >= 4 is 12.1 Å². The van der Waals surface area contributed by atoms with Gasteiger partial charge in [0.15, 0.2) is 0 Å². The second-order valence-electron chi connectivity index (χ2n) is 7.49. The van der Waals surface area contributed by atoms with Gasteiger partial charge in [-0.3, -0.25) is 9.69 Å². The fraction of sp³-hybridized carbons (Fsp3) is 0.571. The van der Waals surface area contributed by atoms with Crippen molar-refractivity contribution in [1.82, 2.24) is 4.90 Å². The molecule has 7 heteroatoms. The number of carboxylic acid groups (broad SMARTS) is 1. The van der Waals surface area contributed by atoms with Crippen molar-refractivity contribution < 1.29 is 24.2 Å². The number of carboxylic acids is 1. The van der Waals surface area contributed by atoms with Crippen LogP contribution in [0.4, 0.5) is 4.79 Å². The zero-order valence-electron chi connectivity index (χ0n) is 16.6. The molecule has 1 aromatic carbocycles. The summed E-state index contributed by atoms with van der Waals surface area (Å²) in [6.45, 7) is 5.70. The molecule has 0 spiro atoms. The third kappa shape index (κ3) is 5.88. The average Bonchev–Trinajstić information content (AvgIpc) is 3.07. The summed E-state index contributed by atoms with van der Waals surface area (Å²) in [6, 6.07) is 8.35. The maximum atomic E-state index is 12.8. The summed E-state index contributed by atoms with van der Waals surface area (Å²) in [4.78, 5) is 25.7. The number of ether oxygens (including phenoxy) is 2. The Balaban J connectivity index is 2.11. The van der Waals surface area contributed by atoms with Crippen molar-refractivity contribution in [3.8, 4) is 11.8 Å². The van der Waals surface area contributed by atoms with Crippen LogP contribution in [0.5, 0.6) is 5.75 Å². The van der Waals surface area contributed by atoms with Crippen LogP contribution in [0.15, 0.2) is 24.3 Å². The van der Waals surface area contributed by atoms with Crippen LogP contribution in [-0.2, 0) is 9.53 Å². The molecule has 0 saturated heterocycles. The maximum Gasteiger partial charge on any atom is 0.410 e. The summed E-state index contributed by atoms with van der Waals surface area (Å²) in [5.41, 5.74) is 0.546. The minimum absolute atomic E-state index is 0.0410. The van der Waals surface area contributed by atoms with Crippen LogP contribution in [0.25, 0.3) is 0 Å². The van der Waals surface area contributed by atoms with Gasteiger partial charge in [0.25, 0.3) is 0 Å². The van der Waals surface area contributed by atoms with E-state index < -0.39 is 12.1 Å². The van der Waals surface area contributed by atoms with Gasteiger partial charge in [0.05, 0.1) is 30.2 Å². The first-order valence-corrected chi connectivity index (χ1v) is 9.65. The van der Waals surface area contributed by atoms with E-state index in [9.17, 15) is 14.7 Å². The summed E-state index contributed by atoms with van der Waals surface area (Å²) in [5.74, 6) is -0.332. The highest BCUT2D eigenvalue weighted by Gasteiger charge is 2.39. The Morgan fingerprint density at radius 3 is 2.50 bits per heavy atom. The number of benzene rings is 1. The van der Waals surface area contributed by atoms with E-state index in [0.29, 0.717) is 11.3 Å². The van der Waals surface area contributed by atoms with Crippen molar-refractivity contribution in [2.24, 2.45) is 5.92 Å². The molecule has 1 saturated carbocycles. The molecule has 1 fully saturated rings. The molecular weight excluding hydrogens is 360 g/mol. The van der Waals surface area contributed by atoms with E-state index in [1.807, 2.05) is 6.92 Å². The average molecular weight is 388 g/mol. The first-order valence-electron chi connectivity index (χ1n) is 9.65. The van der Waals surface area contributed by atoms with E-state index >= 15 is 0 Å². The van der Waals surface area contributed by atoms with Gasteiger partial charge in [-0.1, -0.05) is 6.42 Å². The Kier molecular flexibility index (Phi) is 7.68. The molecule has 7 nitrogen and oxygen atoms in total. The standard InChI is InChI=1S/C21H28N2O5/c1-14(2)28-21(26)23(19-6-4-5-17(19)11-20(24)25)15(3)13-27-18-9-7-16(12-22)8-10-18/h7-10,14-15,17,19H,4-6,11,13H2,1-3H3,(H,24,25). The van der Waals surface area contributed by atoms with E-state index in [2.05, 4.69) is 6.07 Å². The highest BCUT2D eigenvalue weighted by atomic mass is 16.6. The van der Waals surface area contributed by atoms with Crippen molar-refractivity contribution in [2.75, 3.05) is 6.61 Å². The number of nitriles is 1. The molecule has 1 aliphatic rings. The van der Waals surface area contributed by atoms with Gasteiger partial charge in [-0.05, 0) is 63.8 Å². The second-order valence-corrected chi connectivity index (χ2v) is 7.49. The molecule has 1 aromatic rings. The van der Waals surface area contributed by atoms with Gasteiger partial charge in [-0.2, -0.15) is 5.26 Å². The maximum absolute atomic E-state index is 12.8. The number of carbonyl (C=O) groups excluding carboxylic acids is 1. The lowest BCUT2D eigenvalue weighted by atomic mass is 9.97. The van der Waals surface area contributed by atoms with E-state index in [-0.39, 0.29) is 37.1 Å². The number of hydrogen-bond acceptors (Lipinski definition) is 5. The SMILES string of the molecule is CC(C)OC(=O)N(C(C)COc1ccc(C#N)cc1)C1CCCC1CC(=O)O. The molecule has 0 bridgehead atoms. The van der Waals surface area contributed by atoms with Crippen LogP contribution in [0, 0.1) is 17.2 Å². The molecule has 0 radical (unpaired) electrons. The highest BCUT2D eigenvalue weighted by molar-refractivity contribution is 5.70. The predicted octanol–water partition coefficient (Wildman–Crippen LogP) is 3.82. The molecule has 1 amide bonds. The zero-order valence-corrected chi connectivity index (χ0v) is 16.6. The molecule has 0 aliphatic heterocycles. The van der Waals surface area contributed by atoms with Gasteiger partial charge in [0.1, 0.15) is 12.4 Å². The molecule has 1 aliphatic carbocycles. The molecule has 1 N–H and O–H groups in total. The molecular formula is C21H28N2O5. The second kappa shape index (κ2) is 9.98. The third-order valence-corrected chi connectivity index (χ3v) is 4.91. The van der Waals surface area contributed by atoms with Crippen molar-refractivity contribution in [3.63, 3.8) is 0 Å². The lowest BCUT2D eigenvalue weighted by Gasteiger charge is -2.37. The zero-order chi connectivity index (χ0) is 20.7. The number of rotatable bonds is 8. The van der Waals surface area contributed by atoms with Crippen LogP contribution < -0.4 is 4.74 Å². The number of nitrogens with zero attached hydrogens (tertiary/aromatic N) is 2. The highest BCUT2D eigenvalue weighted by Crippen LogP contribution is 2.34. The van der Waals surface area contributed by atoms with Crippen LogP contribution in [0.3, 0.4) is 0 Å². The van der Waals surface area contributed by atoms with Crippen LogP contribution in [-0.4, -0.2) is 46.9 Å². The first kappa shape index (κ1) is 21.5. The fourth-order valence-electron chi connectivity index (χ4n) is 3.67. The largest absolute Gasteiger partial charge is 0.491 e. The van der Waals surface area contributed by atoms with Gasteiger partial charge in [0.2, 0.25) is 0 Å². The Bertz CT molecular complexity index is 711. The summed E-state index contributed by atoms with van der Waals surface area (Å²) < 4.78 is 11.2. The molecule has 0 aromatic heterocycles. The summed E-state index contributed by atoms with van der Waals surface area (Å²) in [5, 5.41) is 18.1. The van der Waals surface area contributed by atoms with Gasteiger partial charge < -0.3 is 14.6 Å². The quantitative estimate of drug-likeness (QED) is 0.727. The van der Waals surface area contributed by atoms with E-state index in [4.69, 9.17) is 14.7 Å². The van der Waals surface area contributed by atoms with Crippen molar-refractivity contribution in [3.05, 3.63) is 29.8 Å². The summed E-state index contributed by atoms with van der Waals surface area (Å²) >= 11 is 0. The Hall–Kier alpha value is -2.75. The van der Waals surface area contributed by atoms with Gasteiger partial charge in [-0.25, -0.2) is 4.79 Å². The van der Waals surface area contributed by atoms with E-state index in [1.54, 1.807) is 43.0 Å². The van der Waals surface area contributed by atoms with Crippen LogP contribution in [0.1, 0.15) is 52.0 Å². The molecule has 2 rings (SSSR count). The minimum atomic E-state index is -0.851. The Morgan fingerprint density at radius 2 is 1.93 bits per heavy atom. The van der Waals surface area contributed by atoms with Crippen LogP contribution >= 0.6 is 0 Å². The van der Waals surface area contributed by atoms with Crippen molar-refractivity contribution in [2.45, 2.75) is 64.6 Å². The third-order valence-electron chi connectivity index (χ3n) is 4.91. The monoisotopic (exact) mass is 388 g/mol.